The maximum Gasteiger partial charge on any atom is 0.228 e. The molecular formula is C15H21N3O2. The Balaban J connectivity index is 1.69. The number of hydrogen-bond acceptors (Lipinski definition) is 5. The molecule has 0 aliphatic rings. The van der Waals surface area contributed by atoms with Crippen LogP contribution in [0.5, 0.6) is 0 Å². The minimum Gasteiger partial charge on any atom is -0.376 e. The van der Waals surface area contributed by atoms with Crippen molar-refractivity contribution in [3.63, 3.8) is 0 Å². The Bertz CT molecular complexity index is 499. The quantitative estimate of drug-likeness (QED) is 0.746. The van der Waals surface area contributed by atoms with Gasteiger partial charge in [0.2, 0.25) is 5.89 Å². The summed E-state index contributed by atoms with van der Waals surface area (Å²) in [6.45, 7) is 3.27. The van der Waals surface area contributed by atoms with Gasteiger partial charge in [0.25, 0.3) is 0 Å². The summed E-state index contributed by atoms with van der Waals surface area (Å²) in [6, 6.07) is 10.4. The zero-order chi connectivity index (χ0) is 14.2. The summed E-state index contributed by atoms with van der Waals surface area (Å²) in [5.41, 5.74) is 1.17. The van der Waals surface area contributed by atoms with Gasteiger partial charge in [-0.05, 0) is 19.5 Å². The second-order valence-corrected chi connectivity index (χ2v) is 4.79. The summed E-state index contributed by atoms with van der Waals surface area (Å²) in [6.07, 6.45) is 1.42. The molecule has 1 atom stereocenters. The van der Waals surface area contributed by atoms with E-state index in [0.717, 1.165) is 12.2 Å². The average Bonchev–Trinajstić information content (AvgIpc) is 2.92. The predicted molar refractivity (Wildman–Crippen MR) is 76.3 cm³/mol. The monoisotopic (exact) mass is 275 g/mol. The second kappa shape index (κ2) is 7.77. The third-order valence-corrected chi connectivity index (χ3v) is 3.06. The fourth-order valence-corrected chi connectivity index (χ4v) is 1.77. The highest BCUT2D eigenvalue weighted by molar-refractivity contribution is 5.13. The van der Waals surface area contributed by atoms with E-state index in [1.807, 2.05) is 37.4 Å². The molecule has 1 unspecified atom stereocenters. The van der Waals surface area contributed by atoms with Gasteiger partial charge in [-0.1, -0.05) is 35.5 Å². The lowest BCUT2D eigenvalue weighted by Crippen LogP contribution is -2.24. The highest BCUT2D eigenvalue weighted by atomic mass is 16.5. The smallest absolute Gasteiger partial charge is 0.228 e. The van der Waals surface area contributed by atoms with Crippen molar-refractivity contribution >= 4 is 0 Å². The van der Waals surface area contributed by atoms with Gasteiger partial charge in [0.15, 0.2) is 5.82 Å². The molecular weight excluding hydrogens is 254 g/mol. The van der Waals surface area contributed by atoms with Crippen LogP contribution in [0.2, 0.25) is 0 Å². The Kier molecular flexibility index (Phi) is 5.70. The van der Waals surface area contributed by atoms with Crippen LogP contribution in [-0.2, 0) is 24.2 Å². The van der Waals surface area contributed by atoms with Crippen LogP contribution in [0.4, 0.5) is 0 Å². The molecule has 1 N–H and O–H groups in total. The van der Waals surface area contributed by atoms with E-state index in [-0.39, 0.29) is 0 Å². The van der Waals surface area contributed by atoms with E-state index in [4.69, 9.17) is 9.26 Å². The first-order valence-electron chi connectivity index (χ1n) is 6.88. The molecule has 0 aliphatic heterocycles. The lowest BCUT2D eigenvalue weighted by Gasteiger charge is -2.04. The van der Waals surface area contributed by atoms with Gasteiger partial charge >= 0.3 is 0 Å². The molecule has 5 heteroatoms. The zero-order valence-corrected chi connectivity index (χ0v) is 12.0. The molecule has 1 heterocycles. The lowest BCUT2D eigenvalue weighted by molar-refractivity contribution is 0.118. The molecule has 0 radical (unpaired) electrons. The van der Waals surface area contributed by atoms with Crippen molar-refractivity contribution in [3.8, 4) is 0 Å². The molecule has 0 aliphatic carbocycles. The van der Waals surface area contributed by atoms with Gasteiger partial charge in [-0.2, -0.15) is 4.98 Å². The molecule has 1 aromatic heterocycles. The van der Waals surface area contributed by atoms with Crippen LogP contribution in [0.3, 0.4) is 0 Å². The summed E-state index contributed by atoms with van der Waals surface area (Å²) in [4.78, 5) is 4.34. The van der Waals surface area contributed by atoms with Crippen LogP contribution in [0, 0.1) is 0 Å². The fourth-order valence-electron chi connectivity index (χ4n) is 1.77. The number of rotatable bonds is 8. The maximum atomic E-state index is 5.60. The van der Waals surface area contributed by atoms with Crippen molar-refractivity contribution in [2.24, 2.45) is 0 Å². The number of hydrogen-bond donors (Lipinski definition) is 1. The van der Waals surface area contributed by atoms with Crippen LogP contribution < -0.4 is 5.32 Å². The minimum atomic E-state index is 0.342. The third kappa shape index (κ3) is 4.75. The van der Waals surface area contributed by atoms with Gasteiger partial charge in [0.1, 0.15) is 0 Å². The van der Waals surface area contributed by atoms with Crippen LogP contribution in [0.15, 0.2) is 34.9 Å². The molecule has 0 bridgehead atoms. The van der Waals surface area contributed by atoms with Crippen LogP contribution >= 0.6 is 0 Å². The standard InChI is InChI=1S/C15H21N3O2/c1-12(16-2)10-14-17-15(20-18-14)8-9-19-11-13-6-4-3-5-7-13/h3-7,12,16H,8-11H2,1-2H3. The van der Waals surface area contributed by atoms with E-state index in [2.05, 4.69) is 22.4 Å². The molecule has 108 valence electrons. The third-order valence-electron chi connectivity index (χ3n) is 3.06. The van der Waals surface area contributed by atoms with Crippen molar-refractivity contribution in [3.05, 3.63) is 47.6 Å². The first-order valence-corrected chi connectivity index (χ1v) is 6.88. The molecule has 0 saturated heterocycles. The van der Waals surface area contributed by atoms with Gasteiger partial charge in [-0.25, -0.2) is 0 Å². The van der Waals surface area contributed by atoms with Gasteiger partial charge < -0.3 is 14.6 Å². The first-order chi connectivity index (χ1) is 9.78. The Morgan fingerprint density at radius 3 is 2.85 bits per heavy atom. The van der Waals surface area contributed by atoms with E-state index in [9.17, 15) is 0 Å². The molecule has 0 fully saturated rings. The number of likely N-dealkylation sites (N-methyl/N-ethyl adjacent to an activating group) is 1. The highest BCUT2D eigenvalue weighted by Gasteiger charge is 2.09. The second-order valence-electron chi connectivity index (χ2n) is 4.79. The average molecular weight is 275 g/mol. The van der Waals surface area contributed by atoms with Crippen molar-refractivity contribution in [2.75, 3.05) is 13.7 Å². The van der Waals surface area contributed by atoms with Crippen molar-refractivity contribution in [1.82, 2.24) is 15.5 Å². The molecule has 0 amide bonds. The fraction of sp³-hybridized carbons (Fsp3) is 0.467. The number of benzene rings is 1. The highest BCUT2D eigenvalue weighted by Crippen LogP contribution is 2.04. The Morgan fingerprint density at radius 2 is 2.10 bits per heavy atom. The van der Waals surface area contributed by atoms with Crippen LogP contribution in [0.1, 0.15) is 24.2 Å². The summed E-state index contributed by atoms with van der Waals surface area (Å²) < 4.78 is 10.8. The Morgan fingerprint density at radius 1 is 1.30 bits per heavy atom. The summed E-state index contributed by atoms with van der Waals surface area (Å²) in [5.74, 6) is 1.38. The van der Waals surface area contributed by atoms with Crippen LogP contribution in [0.25, 0.3) is 0 Å². The predicted octanol–water partition coefficient (Wildman–Crippen LogP) is 1.98. The molecule has 0 spiro atoms. The molecule has 0 saturated carbocycles. The van der Waals surface area contributed by atoms with Gasteiger partial charge in [0.05, 0.1) is 19.6 Å². The SMILES string of the molecule is CNC(C)Cc1noc(CCOCc2ccccc2)n1. The van der Waals surface area contributed by atoms with Gasteiger partial charge in [-0.15, -0.1) is 0 Å². The number of ether oxygens (including phenoxy) is 1. The van der Waals surface area contributed by atoms with Crippen molar-refractivity contribution < 1.29 is 9.26 Å². The van der Waals surface area contributed by atoms with E-state index in [1.165, 1.54) is 5.56 Å². The summed E-state index contributed by atoms with van der Waals surface area (Å²) in [7, 11) is 1.92. The topological polar surface area (TPSA) is 60.2 Å². The maximum absolute atomic E-state index is 5.60. The minimum absolute atomic E-state index is 0.342. The van der Waals surface area contributed by atoms with E-state index < -0.39 is 0 Å². The summed E-state index contributed by atoms with van der Waals surface area (Å²) in [5, 5.41) is 7.11. The number of aromatic nitrogens is 2. The molecule has 20 heavy (non-hydrogen) atoms. The first kappa shape index (κ1) is 14.7. The Labute approximate surface area is 119 Å². The van der Waals surface area contributed by atoms with Gasteiger partial charge in [0, 0.05) is 12.5 Å². The Hall–Kier alpha value is -1.72. The largest absolute Gasteiger partial charge is 0.376 e. The molecule has 5 nitrogen and oxygen atoms in total. The van der Waals surface area contributed by atoms with Crippen molar-refractivity contribution in [1.29, 1.82) is 0 Å². The normalized spacial score (nSPS) is 12.5. The molecule has 1 aromatic carbocycles. The molecule has 2 rings (SSSR count). The van der Waals surface area contributed by atoms with E-state index in [1.54, 1.807) is 0 Å². The number of nitrogens with zero attached hydrogens (tertiary/aromatic N) is 2. The zero-order valence-electron chi connectivity index (χ0n) is 12.0. The lowest BCUT2D eigenvalue weighted by atomic mass is 10.2. The number of nitrogens with one attached hydrogen (secondary N) is 1. The van der Waals surface area contributed by atoms with E-state index >= 15 is 0 Å². The summed E-state index contributed by atoms with van der Waals surface area (Å²) >= 11 is 0. The molecule has 2 aromatic rings. The van der Waals surface area contributed by atoms with Gasteiger partial charge in [-0.3, -0.25) is 0 Å². The van der Waals surface area contributed by atoms with Crippen molar-refractivity contribution in [2.45, 2.75) is 32.4 Å². The van der Waals surface area contributed by atoms with Crippen LogP contribution in [-0.4, -0.2) is 29.8 Å². The van der Waals surface area contributed by atoms with E-state index in [0.29, 0.717) is 31.6 Å².